The van der Waals surface area contributed by atoms with Crippen molar-refractivity contribution < 1.29 is 14.0 Å². The number of carbonyl (C=O) groups is 2. The van der Waals surface area contributed by atoms with Gasteiger partial charge in [-0.25, -0.2) is 9.29 Å². The summed E-state index contributed by atoms with van der Waals surface area (Å²) < 4.78 is 13.4. The van der Waals surface area contributed by atoms with E-state index in [0.29, 0.717) is 16.8 Å². The molecule has 1 heterocycles. The summed E-state index contributed by atoms with van der Waals surface area (Å²) in [5, 5.41) is 3.22. The normalized spacial score (nSPS) is 13.9. The van der Waals surface area contributed by atoms with Crippen molar-refractivity contribution >= 4 is 28.8 Å². The van der Waals surface area contributed by atoms with Crippen molar-refractivity contribution in [3.63, 3.8) is 0 Å². The Hall–Kier alpha value is -3.73. The number of nitrogens with one attached hydrogen (secondary N) is 1. The molecule has 0 spiro atoms. The fourth-order valence-corrected chi connectivity index (χ4v) is 3.64. The predicted octanol–water partition coefficient (Wildman–Crippen LogP) is 5.46. The van der Waals surface area contributed by atoms with Crippen LogP contribution in [0.4, 0.5) is 15.8 Å². The first-order chi connectivity index (χ1) is 14.8. The van der Waals surface area contributed by atoms with Crippen molar-refractivity contribution in [2.24, 2.45) is 0 Å². The van der Waals surface area contributed by atoms with Gasteiger partial charge in [-0.3, -0.25) is 9.59 Å². The van der Waals surface area contributed by atoms with E-state index in [2.05, 4.69) is 5.32 Å². The number of rotatable bonds is 4. The fourth-order valence-electron chi connectivity index (χ4n) is 3.64. The Kier molecular flexibility index (Phi) is 5.19. The van der Waals surface area contributed by atoms with Crippen LogP contribution < -0.4 is 10.2 Å². The van der Waals surface area contributed by atoms with Crippen molar-refractivity contribution in [2.45, 2.75) is 27.7 Å². The maximum absolute atomic E-state index is 13.5. The molecule has 31 heavy (non-hydrogen) atoms. The second-order valence-corrected chi connectivity index (χ2v) is 7.91. The molecule has 0 atom stereocenters. The monoisotopic (exact) mass is 414 g/mol. The van der Waals surface area contributed by atoms with Crippen LogP contribution in [0.5, 0.6) is 0 Å². The van der Waals surface area contributed by atoms with Gasteiger partial charge in [0.2, 0.25) is 0 Å². The first kappa shape index (κ1) is 20.5. The van der Waals surface area contributed by atoms with E-state index in [9.17, 15) is 14.0 Å². The highest BCUT2D eigenvalue weighted by Crippen LogP contribution is 2.35. The number of amides is 2. The first-order valence-corrected chi connectivity index (χ1v) is 10.1. The van der Waals surface area contributed by atoms with Crippen LogP contribution >= 0.6 is 0 Å². The summed E-state index contributed by atoms with van der Waals surface area (Å²) in [4.78, 5) is 28.0. The Morgan fingerprint density at radius 3 is 2.10 bits per heavy atom. The lowest BCUT2D eigenvalue weighted by Crippen LogP contribution is -2.32. The second-order valence-electron chi connectivity index (χ2n) is 7.91. The molecule has 0 saturated heterocycles. The van der Waals surface area contributed by atoms with E-state index in [1.165, 1.54) is 24.3 Å². The highest BCUT2D eigenvalue weighted by Gasteiger charge is 2.40. The number of carbonyl (C=O) groups excluding carboxylic acids is 2. The molecular weight excluding hydrogens is 391 g/mol. The SMILES string of the molecule is Cc1ccc(C)c(NC2=C(c3ccc(C)c(C)c3)C(=O)N(c3ccc(F)cc3)C2=O)c1. The van der Waals surface area contributed by atoms with Gasteiger partial charge in [-0.2, -0.15) is 0 Å². The van der Waals surface area contributed by atoms with Crippen LogP contribution in [0.1, 0.15) is 27.8 Å². The zero-order chi connectivity index (χ0) is 22.3. The van der Waals surface area contributed by atoms with E-state index in [1.807, 2.05) is 64.1 Å². The van der Waals surface area contributed by atoms with E-state index in [1.54, 1.807) is 0 Å². The Bertz CT molecular complexity index is 1240. The molecule has 3 aromatic carbocycles. The van der Waals surface area contributed by atoms with E-state index < -0.39 is 17.6 Å². The van der Waals surface area contributed by atoms with Gasteiger partial charge in [0.25, 0.3) is 11.8 Å². The summed E-state index contributed by atoms with van der Waals surface area (Å²) in [5.74, 6) is -1.34. The van der Waals surface area contributed by atoms with Crippen LogP contribution in [-0.4, -0.2) is 11.8 Å². The second kappa shape index (κ2) is 7.84. The average Bonchev–Trinajstić information content (AvgIpc) is 2.97. The lowest BCUT2D eigenvalue weighted by Gasteiger charge is -2.16. The maximum atomic E-state index is 13.5. The van der Waals surface area contributed by atoms with Crippen LogP contribution in [0.3, 0.4) is 0 Å². The van der Waals surface area contributed by atoms with Gasteiger partial charge in [0.15, 0.2) is 0 Å². The molecule has 0 aromatic heterocycles. The number of imide groups is 1. The molecule has 4 nitrogen and oxygen atoms in total. The molecule has 2 amide bonds. The number of aryl methyl sites for hydroxylation is 4. The lowest BCUT2D eigenvalue weighted by atomic mass is 9.99. The van der Waals surface area contributed by atoms with Crippen LogP contribution in [0.2, 0.25) is 0 Å². The van der Waals surface area contributed by atoms with Crippen molar-refractivity contribution in [1.29, 1.82) is 0 Å². The molecule has 1 aliphatic rings. The van der Waals surface area contributed by atoms with E-state index in [0.717, 1.165) is 32.8 Å². The van der Waals surface area contributed by atoms with Gasteiger partial charge in [0, 0.05) is 5.69 Å². The Balaban J connectivity index is 1.87. The van der Waals surface area contributed by atoms with Gasteiger partial charge in [-0.05, 0) is 85.8 Å². The Morgan fingerprint density at radius 1 is 0.742 bits per heavy atom. The summed E-state index contributed by atoms with van der Waals surface area (Å²) in [6, 6.07) is 16.9. The van der Waals surface area contributed by atoms with E-state index in [4.69, 9.17) is 0 Å². The summed E-state index contributed by atoms with van der Waals surface area (Å²) >= 11 is 0. The summed E-state index contributed by atoms with van der Waals surface area (Å²) in [5.41, 5.74) is 6.39. The number of anilines is 2. The van der Waals surface area contributed by atoms with Gasteiger partial charge in [0.1, 0.15) is 11.5 Å². The minimum absolute atomic E-state index is 0.214. The molecule has 0 fully saturated rings. The minimum Gasteiger partial charge on any atom is -0.350 e. The number of halogens is 1. The molecule has 0 saturated carbocycles. The first-order valence-electron chi connectivity index (χ1n) is 10.1. The third-order valence-electron chi connectivity index (χ3n) is 5.62. The van der Waals surface area contributed by atoms with Crippen LogP contribution in [0, 0.1) is 33.5 Å². The molecular formula is C26H23FN2O2. The minimum atomic E-state index is -0.467. The van der Waals surface area contributed by atoms with Crippen molar-refractivity contribution in [3.05, 3.63) is 100.0 Å². The van der Waals surface area contributed by atoms with Crippen LogP contribution in [0.25, 0.3) is 5.57 Å². The molecule has 3 aromatic rings. The molecule has 156 valence electrons. The Labute approximate surface area is 181 Å². The van der Waals surface area contributed by atoms with Gasteiger partial charge in [0.05, 0.1) is 11.3 Å². The van der Waals surface area contributed by atoms with Crippen molar-refractivity contribution in [3.8, 4) is 0 Å². The fraction of sp³-hybridized carbons (Fsp3) is 0.154. The smallest absolute Gasteiger partial charge is 0.282 e. The average molecular weight is 414 g/mol. The highest BCUT2D eigenvalue weighted by molar-refractivity contribution is 6.46. The molecule has 0 unspecified atom stereocenters. The van der Waals surface area contributed by atoms with E-state index >= 15 is 0 Å². The number of hydrogen-bond donors (Lipinski definition) is 1. The van der Waals surface area contributed by atoms with Crippen LogP contribution in [0.15, 0.2) is 66.4 Å². The maximum Gasteiger partial charge on any atom is 0.282 e. The zero-order valence-electron chi connectivity index (χ0n) is 17.9. The van der Waals surface area contributed by atoms with Crippen molar-refractivity contribution in [1.82, 2.24) is 0 Å². The molecule has 1 N–H and O–H groups in total. The molecule has 1 aliphatic heterocycles. The molecule has 0 radical (unpaired) electrons. The largest absolute Gasteiger partial charge is 0.350 e. The third-order valence-corrected chi connectivity index (χ3v) is 5.62. The van der Waals surface area contributed by atoms with Gasteiger partial charge >= 0.3 is 0 Å². The standard InChI is InChI=1S/C26H23FN2O2/c1-15-5-6-17(3)22(13-15)28-24-23(19-8-7-16(2)18(4)14-19)25(30)29(26(24)31)21-11-9-20(27)10-12-21/h5-14,28H,1-4H3. The molecule has 4 rings (SSSR count). The third kappa shape index (κ3) is 3.75. The van der Waals surface area contributed by atoms with Gasteiger partial charge in [-0.1, -0.05) is 30.3 Å². The summed E-state index contributed by atoms with van der Waals surface area (Å²) in [7, 11) is 0. The Morgan fingerprint density at radius 2 is 1.42 bits per heavy atom. The topological polar surface area (TPSA) is 49.4 Å². The number of benzene rings is 3. The molecule has 5 heteroatoms. The molecule has 0 aliphatic carbocycles. The predicted molar refractivity (Wildman–Crippen MR) is 121 cm³/mol. The highest BCUT2D eigenvalue weighted by atomic mass is 19.1. The van der Waals surface area contributed by atoms with Gasteiger partial charge < -0.3 is 5.32 Å². The van der Waals surface area contributed by atoms with Crippen LogP contribution in [-0.2, 0) is 9.59 Å². The zero-order valence-corrected chi connectivity index (χ0v) is 17.9. The number of nitrogens with zero attached hydrogens (tertiary/aromatic N) is 1. The van der Waals surface area contributed by atoms with Crippen molar-refractivity contribution in [2.75, 3.05) is 10.2 Å². The summed E-state index contributed by atoms with van der Waals surface area (Å²) in [6.45, 7) is 7.87. The molecule has 0 bridgehead atoms. The number of hydrogen-bond acceptors (Lipinski definition) is 3. The summed E-state index contributed by atoms with van der Waals surface area (Å²) in [6.07, 6.45) is 0. The van der Waals surface area contributed by atoms with E-state index in [-0.39, 0.29) is 5.70 Å². The quantitative estimate of drug-likeness (QED) is 0.577. The van der Waals surface area contributed by atoms with Gasteiger partial charge in [-0.15, -0.1) is 0 Å². The lowest BCUT2D eigenvalue weighted by molar-refractivity contribution is -0.120.